The van der Waals surface area contributed by atoms with Gasteiger partial charge < -0.3 is 15.2 Å². The van der Waals surface area contributed by atoms with Gasteiger partial charge in [-0.3, -0.25) is 0 Å². The normalized spacial score (nSPS) is 12.2. The summed E-state index contributed by atoms with van der Waals surface area (Å²) in [5.74, 6) is 1.54. The van der Waals surface area contributed by atoms with E-state index >= 15 is 0 Å². The molecule has 4 heteroatoms. The average molecular weight is 263 g/mol. The third kappa shape index (κ3) is 3.03. The van der Waals surface area contributed by atoms with Crippen molar-refractivity contribution in [2.45, 2.75) is 12.5 Å². The minimum Gasteiger partial charge on any atom is -0.497 e. The van der Waals surface area contributed by atoms with Crippen LogP contribution in [0.5, 0.6) is 11.5 Å². The van der Waals surface area contributed by atoms with Crippen LogP contribution in [0.15, 0.2) is 35.0 Å². The van der Waals surface area contributed by atoms with E-state index in [1.165, 1.54) is 5.56 Å². The van der Waals surface area contributed by atoms with Crippen molar-refractivity contribution in [1.82, 2.24) is 0 Å². The molecule has 0 amide bonds. The summed E-state index contributed by atoms with van der Waals surface area (Å²) in [4.78, 5) is 0. The molecule has 3 nitrogen and oxygen atoms in total. The van der Waals surface area contributed by atoms with Crippen molar-refractivity contribution in [3.63, 3.8) is 0 Å². The molecule has 0 aliphatic carbocycles. The zero-order chi connectivity index (χ0) is 13.0. The van der Waals surface area contributed by atoms with E-state index in [0.717, 1.165) is 23.5 Å². The molecule has 0 saturated carbocycles. The lowest BCUT2D eigenvalue weighted by Gasteiger charge is -2.14. The van der Waals surface area contributed by atoms with Crippen LogP contribution < -0.4 is 15.2 Å². The molecule has 96 valence electrons. The molecule has 1 aromatic carbocycles. The van der Waals surface area contributed by atoms with Gasteiger partial charge in [-0.05, 0) is 46.5 Å². The van der Waals surface area contributed by atoms with Crippen LogP contribution >= 0.6 is 11.3 Å². The standard InChI is InChI=1S/C14H17NO2S/c1-16-12-6-11(7-13(8-12)17-2)14(15)5-10-3-4-18-9-10/h3-4,6-9,14H,5,15H2,1-2H3. The van der Waals surface area contributed by atoms with E-state index in [-0.39, 0.29) is 6.04 Å². The number of thiophene rings is 1. The van der Waals surface area contributed by atoms with E-state index in [1.54, 1.807) is 25.6 Å². The molecule has 1 heterocycles. The first-order valence-corrected chi connectivity index (χ1v) is 6.67. The third-order valence-corrected chi connectivity index (χ3v) is 3.57. The molecule has 1 aromatic heterocycles. The number of benzene rings is 1. The Bertz CT molecular complexity index is 474. The Labute approximate surface area is 111 Å². The van der Waals surface area contributed by atoms with E-state index < -0.39 is 0 Å². The minimum atomic E-state index is -0.0522. The van der Waals surface area contributed by atoms with Crippen molar-refractivity contribution in [2.75, 3.05) is 14.2 Å². The first kappa shape index (κ1) is 12.9. The van der Waals surface area contributed by atoms with E-state index in [2.05, 4.69) is 16.8 Å². The molecule has 0 radical (unpaired) electrons. The van der Waals surface area contributed by atoms with Crippen molar-refractivity contribution in [2.24, 2.45) is 5.73 Å². The highest BCUT2D eigenvalue weighted by Gasteiger charge is 2.10. The molecule has 18 heavy (non-hydrogen) atoms. The van der Waals surface area contributed by atoms with Gasteiger partial charge in [-0.25, -0.2) is 0 Å². The molecule has 0 aliphatic heterocycles. The third-order valence-electron chi connectivity index (χ3n) is 2.84. The summed E-state index contributed by atoms with van der Waals surface area (Å²) in [5.41, 5.74) is 8.51. The Hall–Kier alpha value is -1.52. The molecule has 1 atom stereocenters. The highest BCUT2D eigenvalue weighted by Crippen LogP contribution is 2.27. The molecule has 0 saturated heterocycles. The predicted molar refractivity (Wildman–Crippen MR) is 74.5 cm³/mol. The fourth-order valence-electron chi connectivity index (χ4n) is 1.82. The van der Waals surface area contributed by atoms with Gasteiger partial charge in [-0.15, -0.1) is 0 Å². The number of ether oxygens (including phenoxy) is 2. The van der Waals surface area contributed by atoms with Gasteiger partial charge in [-0.1, -0.05) is 0 Å². The molecular formula is C14H17NO2S. The second-order valence-electron chi connectivity index (χ2n) is 4.09. The van der Waals surface area contributed by atoms with Gasteiger partial charge in [0.1, 0.15) is 11.5 Å². The summed E-state index contributed by atoms with van der Waals surface area (Å²) in [6.45, 7) is 0. The van der Waals surface area contributed by atoms with E-state index in [1.807, 2.05) is 18.2 Å². The molecule has 0 aliphatic rings. The van der Waals surface area contributed by atoms with E-state index in [4.69, 9.17) is 15.2 Å². The smallest absolute Gasteiger partial charge is 0.122 e. The number of rotatable bonds is 5. The first-order chi connectivity index (χ1) is 8.72. The minimum absolute atomic E-state index is 0.0522. The van der Waals surface area contributed by atoms with Crippen molar-refractivity contribution >= 4 is 11.3 Å². The largest absolute Gasteiger partial charge is 0.497 e. The van der Waals surface area contributed by atoms with E-state index in [9.17, 15) is 0 Å². The van der Waals surface area contributed by atoms with Crippen molar-refractivity contribution in [3.8, 4) is 11.5 Å². The van der Waals surface area contributed by atoms with Gasteiger partial charge in [-0.2, -0.15) is 11.3 Å². The summed E-state index contributed by atoms with van der Waals surface area (Å²) in [6, 6.07) is 7.81. The van der Waals surface area contributed by atoms with Crippen LogP contribution in [0.1, 0.15) is 17.2 Å². The van der Waals surface area contributed by atoms with Crippen LogP contribution in [0, 0.1) is 0 Å². The van der Waals surface area contributed by atoms with Crippen LogP contribution in [0.2, 0.25) is 0 Å². The average Bonchev–Trinajstić information content (AvgIpc) is 2.90. The molecule has 1 unspecified atom stereocenters. The monoisotopic (exact) mass is 263 g/mol. The van der Waals surface area contributed by atoms with Crippen LogP contribution in [0.4, 0.5) is 0 Å². The number of hydrogen-bond donors (Lipinski definition) is 1. The van der Waals surface area contributed by atoms with E-state index in [0.29, 0.717) is 0 Å². The topological polar surface area (TPSA) is 44.5 Å². The second-order valence-corrected chi connectivity index (χ2v) is 4.87. The maximum atomic E-state index is 6.23. The molecule has 2 aromatic rings. The Morgan fingerprint density at radius 3 is 2.33 bits per heavy atom. The Kier molecular flexibility index (Phi) is 4.23. The lowest BCUT2D eigenvalue weighted by Crippen LogP contribution is -2.13. The summed E-state index contributed by atoms with van der Waals surface area (Å²) in [6.07, 6.45) is 0.819. The summed E-state index contributed by atoms with van der Waals surface area (Å²) in [5, 5.41) is 4.19. The number of methoxy groups -OCH3 is 2. The molecule has 0 spiro atoms. The zero-order valence-corrected chi connectivity index (χ0v) is 11.4. The number of hydrogen-bond acceptors (Lipinski definition) is 4. The van der Waals surface area contributed by atoms with Crippen molar-refractivity contribution in [3.05, 3.63) is 46.2 Å². The number of nitrogens with two attached hydrogens (primary N) is 1. The van der Waals surface area contributed by atoms with Gasteiger partial charge in [0.15, 0.2) is 0 Å². The fourth-order valence-corrected chi connectivity index (χ4v) is 2.51. The van der Waals surface area contributed by atoms with Crippen LogP contribution in [-0.4, -0.2) is 14.2 Å². The quantitative estimate of drug-likeness (QED) is 0.902. The van der Waals surface area contributed by atoms with Gasteiger partial charge in [0.05, 0.1) is 14.2 Å². The SMILES string of the molecule is COc1cc(OC)cc(C(N)Cc2ccsc2)c1. The first-order valence-electron chi connectivity index (χ1n) is 5.72. The summed E-state index contributed by atoms with van der Waals surface area (Å²) < 4.78 is 10.5. The van der Waals surface area contributed by atoms with Gasteiger partial charge in [0.2, 0.25) is 0 Å². The second kappa shape index (κ2) is 5.89. The Balaban J connectivity index is 2.20. The molecule has 2 N–H and O–H groups in total. The lowest BCUT2D eigenvalue weighted by atomic mass is 10.0. The van der Waals surface area contributed by atoms with Crippen LogP contribution in [0.3, 0.4) is 0 Å². The Morgan fingerprint density at radius 1 is 1.17 bits per heavy atom. The molecule has 2 rings (SSSR count). The summed E-state index contributed by atoms with van der Waals surface area (Å²) in [7, 11) is 3.28. The van der Waals surface area contributed by atoms with Crippen molar-refractivity contribution < 1.29 is 9.47 Å². The van der Waals surface area contributed by atoms with Gasteiger partial charge in [0.25, 0.3) is 0 Å². The highest BCUT2D eigenvalue weighted by atomic mass is 32.1. The Morgan fingerprint density at radius 2 is 1.83 bits per heavy atom. The van der Waals surface area contributed by atoms with Crippen LogP contribution in [0.25, 0.3) is 0 Å². The lowest BCUT2D eigenvalue weighted by molar-refractivity contribution is 0.392. The van der Waals surface area contributed by atoms with Crippen molar-refractivity contribution in [1.29, 1.82) is 0 Å². The van der Waals surface area contributed by atoms with Gasteiger partial charge >= 0.3 is 0 Å². The maximum absolute atomic E-state index is 6.23. The van der Waals surface area contributed by atoms with Gasteiger partial charge in [0, 0.05) is 12.1 Å². The molecule has 0 fully saturated rings. The zero-order valence-electron chi connectivity index (χ0n) is 10.6. The summed E-state index contributed by atoms with van der Waals surface area (Å²) >= 11 is 1.69. The highest BCUT2D eigenvalue weighted by molar-refractivity contribution is 7.07. The van der Waals surface area contributed by atoms with Crippen LogP contribution in [-0.2, 0) is 6.42 Å². The fraction of sp³-hybridized carbons (Fsp3) is 0.286. The molecular weight excluding hydrogens is 246 g/mol. The maximum Gasteiger partial charge on any atom is 0.122 e. The predicted octanol–water partition coefficient (Wildman–Crippen LogP) is 3.01. The molecule has 0 bridgehead atoms.